The molecule has 0 aliphatic carbocycles. The lowest BCUT2D eigenvalue weighted by Crippen LogP contribution is -2.38. The van der Waals surface area contributed by atoms with Crippen LogP contribution >= 0.6 is 11.6 Å². The number of aliphatic hydroxyl groups excluding tert-OH is 1. The number of carbonyl (C=O) groups is 1. The first-order valence-corrected chi connectivity index (χ1v) is 14.9. The fourth-order valence-electron chi connectivity index (χ4n) is 3.86. The van der Waals surface area contributed by atoms with Crippen molar-refractivity contribution in [1.29, 1.82) is 0 Å². The molecule has 238 valence electrons. The van der Waals surface area contributed by atoms with E-state index >= 15 is 0 Å². The second-order valence-corrected chi connectivity index (χ2v) is 11.3. The van der Waals surface area contributed by atoms with Crippen molar-refractivity contribution >= 4 is 45.4 Å². The number of anilines is 1. The van der Waals surface area contributed by atoms with Crippen LogP contribution in [0, 0.1) is 5.82 Å². The number of esters is 1. The number of aliphatic hydroxyl groups is 1. The topological polar surface area (TPSA) is 115 Å². The van der Waals surface area contributed by atoms with Gasteiger partial charge < -0.3 is 19.3 Å². The molecule has 0 spiro atoms. The molecule has 0 radical (unpaired) electrons. The van der Waals surface area contributed by atoms with Crippen molar-refractivity contribution in [3.8, 4) is 11.6 Å². The molecule has 9 nitrogen and oxygen atoms in total. The average Bonchev–Trinajstić information content (AvgIpc) is 2.99. The summed E-state index contributed by atoms with van der Waals surface area (Å²) in [6, 6.07) is 9.17. The van der Waals surface area contributed by atoms with Gasteiger partial charge in [0.1, 0.15) is 24.8 Å². The molecular formula is C29H29ClF4N2O7S. The van der Waals surface area contributed by atoms with Crippen LogP contribution in [0.4, 0.5) is 23.2 Å². The number of pyridine rings is 1. The zero-order chi connectivity index (χ0) is 32.5. The van der Waals surface area contributed by atoms with Gasteiger partial charge in [0.2, 0.25) is 5.88 Å². The number of rotatable bonds is 9. The van der Waals surface area contributed by atoms with E-state index in [4.69, 9.17) is 26.2 Å². The largest absolute Gasteiger partial charge is 0.489 e. The van der Waals surface area contributed by atoms with Crippen LogP contribution in [0.3, 0.4) is 0 Å². The smallest absolute Gasteiger partial charge is 0.417 e. The van der Waals surface area contributed by atoms with Gasteiger partial charge in [-0.25, -0.2) is 17.8 Å². The Bertz CT molecular complexity index is 1580. The van der Waals surface area contributed by atoms with Gasteiger partial charge in [-0.2, -0.15) is 13.2 Å². The maximum atomic E-state index is 14.1. The standard InChI is InChI=1S/C24H19ClF4N2O5S.C5H10O2/c25-18-2-1-3-19(26)17(18)6-4-15-5-7-21-20(12-15)31(8-10-35-21)37(33,34)22-13-16(24(27,28)29)14-30-23(22)36-11-9-32;1-3-4-5(6)7-2/h1-7,12-14,32H,8-11H2;3-4H2,1-2H3/b6-4+;. The summed E-state index contributed by atoms with van der Waals surface area (Å²) >= 11 is 6.05. The SMILES string of the molecule is CCCC(=O)OC.O=S(=O)(c1cc(C(F)(F)F)cnc1OCCO)N1CCOc2ccc(/C=C/c3c(F)cccc3Cl)cc21. The van der Waals surface area contributed by atoms with E-state index in [-0.39, 0.29) is 47.8 Å². The van der Waals surface area contributed by atoms with Gasteiger partial charge in [0.15, 0.2) is 4.90 Å². The maximum Gasteiger partial charge on any atom is 0.417 e. The van der Waals surface area contributed by atoms with Crippen molar-refractivity contribution in [2.45, 2.75) is 30.8 Å². The molecule has 1 aromatic heterocycles. The normalized spacial score (nSPS) is 13.0. The third kappa shape index (κ3) is 8.61. The molecule has 0 atom stereocenters. The van der Waals surface area contributed by atoms with E-state index in [0.29, 0.717) is 24.2 Å². The van der Waals surface area contributed by atoms with Crippen LogP contribution in [-0.4, -0.2) is 58.0 Å². The number of hydrogen-bond donors (Lipinski definition) is 1. The zero-order valence-electron chi connectivity index (χ0n) is 23.6. The van der Waals surface area contributed by atoms with Crippen molar-refractivity contribution in [2.75, 3.05) is 37.8 Å². The number of benzene rings is 2. The van der Waals surface area contributed by atoms with Gasteiger partial charge in [-0.1, -0.05) is 36.7 Å². The molecule has 0 fully saturated rings. The van der Waals surface area contributed by atoms with E-state index in [0.717, 1.165) is 10.7 Å². The van der Waals surface area contributed by atoms with E-state index in [1.54, 1.807) is 6.07 Å². The Kier molecular flexibility index (Phi) is 12.0. The van der Waals surface area contributed by atoms with Gasteiger partial charge in [-0.05, 0) is 48.4 Å². The summed E-state index contributed by atoms with van der Waals surface area (Å²) in [5, 5.41) is 9.21. The van der Waals surface area contributed by atoms with E-state index < -0.39 is 45.0 Å². The number of hydrogen-bond acceptors (Lipinski definition) is 8. The molecule has 0 bridgehead atoms. The molecule has 44 heavy (non-hydrogen) atoms. The van der Waals surface area contributed by atoms with Gasteiger partial charge in [0.25, 0.3) is 10.0 Å². The van der Waals surface area contributed by atoms with Crippen molar-refractivity contribution in [2.24, 2.45) is 0 Å². The number of fused-ring (bicyclic) bond motifs is 1. The Hall–Kier alpha value is -3.88. The first kappa shape index (κ1) is 34.6. The number of nitrogens with zero attached hydrogens (tertiary/aromatic N) is 2. The highest BCUT2D eigenvalue weighted by Crippen LogP contribution is 2.40. The molecule has 3 aromatic rings. The fourth-order valence-corrected chi connectivity index (χ4v) is 5.65. The molecule has 0 unspecified atom stereocenters. The summed E-state index contributed by atoms with van der Waals surface area (Å²) in [5.74, 6) is -1.08. The molecule has 2 heterocycles. The molecule has 1 aliphatic heterocycles. The van der Waals surface area contributed by atoms with Crippen molar-refractivity contribution < 1.29 is 50.1 Å². The van der Waals surface area contributed by atoms with Crippen LogP contribution in [0.25, 0.3) is 12.2 Å². The van der Waals surface area contributed by atoms with Crippen LogP contribution < -0.4 is 13.8 Å². The van der Waals surface area contributed by atoms with Gasteiger partial charge in [-0.3, -0.25) is 9.10 Å². The highest BCUT2D eigenvalue weighted by molar-refractivity contribution is 7.93. The summed E-state index contributed by atoms with van der Waals surface area (Å²) in [6.07, 6.45) is -0.0778. The third-order valence-electron chi connectivity index (χ3n) is 5.97. The summed E-state index contributed by atoms with van der Waals surface area (Å²) < 4.78 is 97.4. The molecule has 0 amide bonds. The molecule has 1 N–H and O–H groups in total. The summed E-state index contributed by atoms with van der Waals surface area (Å²) in [6.45, 7) is 0.776. The Morgan fingerprint density at radius 1 is 1.20 bits per heavy atom. The summed E-state index contributed by atoms with van der Waals surface area (Å²) in [7, 11) is -3.24. The minimum Gasteiger partial charge on any atom is -0.489 e. The Balaban J connectivity index is 0.000000676. The minimum atomic E-state index is -4.86. The Labute approximate surface area is 256 Å². The number of carbonyl (C=O) groups excluding carboxylic acids is 1. The first-order valence-electron chi connectivity index (χ1n) is 13.1. The van der Waals surface area contributed by atoms with Crippen LogP contribution in [0.5, 0.6) is 11.6 Å². The van der Waals surface area contributed by atoms with Crippen molar-refractivity contribution in [3.05, 3.63) is 76.2 Å². The number of methoxy groups -OCH3 is 1. The Morgan fingerprint density at radius 3 is 2.57 bits per heavy atom. The van der Waals surface area contributed by atoms with Gasteiger partial charge in [0.05, 0.1) is 36.5 Å². The second-order valence-electron chi connectivity index (χ2n) is 9.04. The van der Waals surface area contributed by atoms with Crippen LogP contribution in [0.1, 0.15) is 36.5 Å². The van der Waals surface area contributed by atoms with Crippen LogP contribution in [0.15, 0.2) is 53.6 Å². The molecular weight excluding hydrogens is 632 g/mol. The molecule has 0 saturated carbocycles. The van der Waals surface area contributed by atoms with E-state index in [9.17, 15) is 30.8 Å². The molecule has 15 heteroatoms. The third-order valence-corrected chi connectivity index (χ3v) is 8.11. The number of halogens is 5. The van der Waals surface area contributed by atoms with Gasteiger partial charge in [0, 0.05) is 18.2 Å². The lowest BCUT2D eigenvalue weighted by atomic mass is 10.1. The minimum absolute atomic E-state index is 0.0542. The fraction of sp³-hybridized carbons (Fsp3) is 0.310. The first-order chi connectivity index (χ1) is 20.8. The molecule has 0 saturated heterocycles. The van der Waals surface area contributed by atoms with Gasteiger partial charge >= 0.3 is 12.1 Å². The molecule has 1 aliphatic rings. The van der Waals surface area contributed by atoms with E-state index in [1.165, 1.54) is 49.6 Å². The lowest BCUT2D eigenvalue weighted by molar-refractivity contribution is -0.140. The highest BCUT2D eigenvalue weighted by Gasteiger charge is 2.37. The number of alkyl halides is 3. The van der Waals surface area contributed by atoms with Crippen molar-refractivity contribution in [3.63, 3.8) is 0 Å². The summed E-state index contributed by atoms with van der Waals surface area (Å²) in [4.78, 5) is 12.9. The number of sulfonamides is 1. The predicted octanol–water partition coefficient (Wildman–Crippen LogP) is 5.98. The number of ether oxygens (including phenoxy) is 3. The van der Waals surface area contributed by atoms with Crippen LogP contribution in [0.2, 0.25) is 5.02 Å². The monoisotopic (exact) mass is 660 g/mol. The van der Waals surface area contributed by atoms with E-state index in [2.05, 4.69) is 9.72 Å². The quantitative estimate of drug-likeness (QED) is 0.169. The lowest BCUT2D eigenvalue weighted by Gasteiger charge is -2.31. The highest BCUT2D eigenvalue weighted by atomic mass is 35.5. The zero-order valence-corrected chi connectivity index (χ0v) is 25.2. The second kappa shape index (κ2) is 15.2. The molecule has 2 aromatic carbocycles. The summed E-state index contributed by atoms with van der Waals surface area (Å²) in [5.41, 5.74) is -0.654. The maximum absolute atomic E-state index is 14.1. The van der Waals surface area contributed by atoms with Crippen molar-refractivity contribution in [1.82, 2.24) is 4.98 Å². The van der Waals surface area contributed by atoms with E-state index in [1.807, 2.05) is 6.92 Å². The number of aromatic nitrogens is 1. The van der Waals surface area contributed by atoms with Gasteiger partial charge in [-0.15, -0.1) is 0 Å². The Morgan fingerprint density at radius 2 is 1.95 bits per heavy atom. The predicted molar refractivity (Wildman–Crippen MR) is 156 cm³/mol. The van der Waals surface area contributed by atoms with Crippen LogP contribution in [-0.2, 0) is 25.7 Å². The molecule has 4 rings (SSSR count). The average molecular weight is 661 g/mol.